The third kappa shape index (κ3) is 13.2. The fourth-order valence-electron chi connectivity index (χ4n) is 4.64. The zero-order valence-corrected chi connectivity index (χ0v) is 25.4. The Morgan fingerprint density at radius 2 is 1.10 bits per heavy atom. The Bertz CT molecular complexity index is 941. The van der Waals surface area contributed by atoms with E-state index in [2.05, 4.69) is 41.8 Å². The molecule has 216 valence electrons. The molecule has 2 saturated carbocycles. The van der Waals surface area contributed by atoms with Gasteiger partial charge in [0.05, 0.1) is 11.4 Å². The van der Waals surface area contributed by atoms with Gasteiger partial charge in [-0.25, -0.2) is 0 Å². The van der Waals surface area contributed by atoms with Crippen molar-refractivity contribution >= 4 is 23.6 Å². The second kappa shape index (κ2) is 20.1. The first kappa shape index (κ1) is 34.2. The van der Waals surface area contributed by atoms with Crippen LogP contribution in [0.1, 0.15) is 114 Å². The zero-order chi connectivity index (χ0) is 29.0. The van der Waals surface area contributed by atoms with Gasteiger partial charge in [-0.2, -0.15) is 10.2 Å². The summed E-state index contributed by atoms with van der Waals surface area (Å²) >= 11 is 0. The fraction of sp³-hybridized carbons (Fsp3) is 0.576. The first-order chi connectivity index (χ1) is 19.0. The second-order valence-electron chi connectivity index (χ2n) is 10.1. The van der Waals surface area contributed by atoms with Crippen molar-refractivity contribution < 1.29 is 9.59 Å². The maximum atomic E-state index is 12.4. The molecule has 1 amide bonds. The number of amides is 1. The molecule has 2 aliphatic rings. The van der Waals surface area contributed by atoms with Gasteiger partial charge in [-0.05, 0) is 119 Å². The molecule has 4 rings (SSSR count). The van der Waals surface area contributed by atoms with Crippen molar-refractivity contribution in [3.05, 3.63) is 59.7 Å². The zero-order valence-electron chi connectivity index (χ0n) is 25.4. The molecule has 0 aliphatic heterocycles. The van der Waals surface area contributed by atoms with Gasteiger partial charge in [0.1, 0.15) is 6.29 Å². The van der Waals surface area contributed by atoms with Crippen molar-refractivity contribution in [1.82, 2.24) is 10.6 Å². The molecule has 0 atom stereocenters. The van der Waals surface area contributed by atoms with E-state index >= 15 is 0 Å². The molecule has 0 aromatic heterocycles. The van der Waals surface area contributed by atoms with Crippen molar-refractivity contribution in [2.45, 2.75) is 105 Å². The Balaban J connectivity index is 0.000000489. The number of azo groups is 1. The molecule has 0 radical (unpaired) electrons. The minimum atomic E-state index is -0.0301. The Morgan fingerprint density at radius 1 is 0.692 bits per heavy atom. The Morgan fingerprint density at radius 3 is 1.51 bits per heavy atom. The van der Waals surface area contributed by atoms with Crippen LogP contribution in [0.4, 0.5) is 11.4 Å². The highest BCUT2D eigenvalue weighted by atomic mass is 16.1. The first-order valence-corrected chi connectivity index (χ1v) is 15.0. The number of rotatable bonds is 6. The summed E-state index contributed by atoms with van der Waals surface area (Å²) < 4.78 is 0. The number of aldehydes is 1. The van der Waals surface area contributed by atoms with Crippen molar-refractivity contribution in [3.63, 3.8) is 0 Å². The number of hydrogen-bond acceptors (Lipinski definition) is 5. The molecule has 2 aromatic carbocycles. The number of carbonyl (C=O) groups excluding carboxylic acids is 2. The summed E-state index contributed by atoms with van der Waals surface area (Å²) in [6.07, 6.45) is 10.9. The lowest BCUT2D eigenvalue weighted by molar-refractivity contribution is 0.0922. The van der Waals surface area contributed by atoms with E-state index in [4.69, 9.17) is 0 Å². The summed E-state index contributed by atoms with van der Waals surface area (Å²) in [7, 11) is 2.07. The predicted molar refractivity (Wildman–Crippen MR) is 165 cm³/mol. The van der Waals surface area contributed by atoms with E-state index in [1.807, 2.05) is 27.7 Å². The van der Waals surface area contributed by atoms with Gasteiger partial charge in [0.15, 0.2) is 0 Å². The SMILES string of the molecule is CC.CC.CC1CCC(NC(=O)c2ccc(N=Nc3ccc(C=O)cc3)cc2)CC1.CNC1CCC(C)CC1. The van der Waals surface area contributed by atoms with Crippen LogP contribution < -0.4 is 10.6 Å². The molecular formula is C33H52N4O2. The van der Waals surface area contributed by atoms with Crippen molar-refractivity contribution in [1.29, 1.82) is 0 Å². The summed E-state index contributed by atoms with van der Waals surface area (Å²) in [5.41, 5.74) is 2.58. The van der Waals surface area contributed by atoms with Crippen LogP contribution in [0.5, 0.6) is 0 Å². The van der Waals surface area contributed by atoms with Gasteiger partial charge in [0, 0.05) is 23.2 Å². The minimum absolute atomic E-state index is 0.0301. The lowest BCUT2D eigenvalue weighted by atomic mass is 9.87. The van der Waals surface area contributed by atoms with Gasteiger partial charge < -0.3 is 10.6 Å². The third-order valence-corrected chi connectivity index (χ3v) is 7.21. The van der Waals surface area contributed by atoms with E-state index in [0.717, 1.165) is 37.0 Å². The van der Waals surface area contributed by atoms with Crippen LogP contribution in [0.25, 0.3) is 0 Å². The summed E-state index contributed by atoms with van der Waals surface area (Å²) in [5.74, 6) is 1.72. The average molecular weight is 537 g/mol. The van der Waals surface area contributed by atoms with Gasteiger partial charge in [-0.3, -0.25) is 9.59 Å². The molecule has 0 bridgehead atoms. The molecule has 39 heavy (non-hydrogen) atoms. The molecule has 2 aliphatic carbocycles. The fourth-order valence-corrected chi connectivity index (χ4v) is 4.64. The normalized spacial score (nSPS) is 22.1. The monoisotopic (exact) mass is 536 g/mol. The maximum absolute atomic E-state index is 12.4. The Hall–Kier alpha value is -2.86. The highest BCUT2D eigenvalue weighted by Crippen LogP contribution is 2.24. The van der Waals surface area contributed by atoms with Crippen LogP contribution in [0.15, 0.2) is 58.8 Å². The second-order valence-corrected chi connectivity index (χ2v) is 10.1. The van der Waals surface area contributed by atoms with E-state index in [0.29, 0.717) is 22.5 Å². The smallest absolute Gasteiger partial charge is 0.251 e. The van der Waals surface area contributed by atoms with Crippen LogP contribution >= 0.6 is 0 Å². The molecular weight excluding hydrogens is 484 g/mol. The van der Waals surface area contributed by atoms with Gasteiger partial charge in [0.25, 0.3) is 5.91 Å². The minimum Gasteiger partial charge on any atom is -0.349 e. The van der Waals surface area contributed by atoms with Crippen LogP contribution in [0.2, 0.25) is 0 Å². The molecule has 0 unspecified atom stereocenters. The Kier molecular flexibility index (Phi) is 17.6. The topological polar surface area (TPSA) is 82.9 Å². The number of carbonyl (C=O) groups is 2. The van der Waals surface area contributed by atoms with Gasteiger partial charge in [-0.1, -0.05) is 41.5 Å². The van der Waals surface area contributed by atoms with E-state index < -0.39 is 0 Å². The number of nitrogens with one attached hydrogen (secondary N) is 2. The molecule has 2 aromatic rings. The van der Waals surface area contributed by atoms with Gasteiger partial charge in [0.2, 0.25) is 0 Å². The summed E-state index contributed by atoms with van der Waals surface area (Å²) in [6.45, 7) is 12.6. The molecule has 0 saturated heterocycles. The lowest BCUT2D eigenvalue weighted by Crippen LogP contribution is -2.37. The molecule has 2 fully saturated rings. The van der Waals surface area contributed by atoms with Gasteiger partial charge >= 0.3 is 0 Å². The summed E-state index contributed by atoms with van der Waals surface area (Å²) in [6, 6.07) is 15.1. The lowest BCUT2D eigenvalue weighted by Gasteiger charge is -2.26. The third-order valence-electron chi connectivity index (χ3n) is 7.21. The number of hydrogen-bond donors (Lipinski definition) is 2. The van der Waals surface area contributed by atoms with Crippen molar-refractivity contribution in [2.75, 3.05) is 7.05 Å². The highest BCUT2D eigenvalue weighted by molar-refractivity contribution is 5.94. The van der Waals surface area contributed by atoms with Crippen LogP contribution in [0, 0.1) is 11.8 Å². The van der Waals surface area contributed by atoms with E-state index in [1.165, 1.54) is 38.5 Å². The molecule has 0 heterocycles. The standard InChI is InChI=1S/C21H23N3O2.C8H17N.2C2H6/c1-15-2-8-18(9-3-15)22-21(26)17-6-12-20(13-7-17)24-23-19-10-4-16(14-25)5-11-19;1-7-3-5-8(9-2)6-4-7;2*1-2/h4-7,10-15,18H,2-3,8-9H2,1H3,(H,22,26);7-9H,3-6H2,1-2H3;2*1-2H3. The molecule has 2 N–H and O–H groups in total. The van der Waals surface area contributed by atoms with Crippen molar-refractivity contribution in [3.8, 4) is 0 Å². The molecule has 6 heteroatoms. The molecule has 6 nitrogen and oxygen atoms in total. The average Bonchev–Trinajstić information content (AvgIpc) is 3.00. The highest BCUT2D eigenvalue weighted by Gasteiger charge is 2.20. The number of benzene rings is 2. The largest absolute Gasteiger partial charge is 0.349 e. The number of nitrogens with zero attached hydrogens (tertiary/aromatic N) is 2. The Labute approximate surface area is 237 Å². The van der Waals surface area contributed by atoms with E-state index in [1.54, 1.807) is 48.5 Å². The predicted octanol–water partition coefficient (Wildman–Crippen LogP) is 9.06. The van der Waals surface area contributed by atoms with E-state index in [-0.39, 0.29) is 11.9 Å². The van der Waals surface area contributed by atoms with Crippen LogP contribution in [-0.2, 0) is 0 Å². The summed E-state index contributed by atoms with van der Waals surface area (Å²) in [5, 5.41) is 14.7. The van der Waals surface area contributed by atoms with Crippen LogP contribution in [-0.4, -0.2) is 31.3 Å². The first-order valence-electron chi connectivity index (χ1n) is 15.0. The maximum Gasteiger partial charge on any atom is 0.251 e. The quantitative estimate of drug-likeness (QED) is 0.285. The van der Waals surface area contributed by atoms with E-state index in [9.17, 15) is 9.59 Å². The van der Waals surface area contributed by atoms with Gasteiger partial charge in [-0.15, -0.1) is 0 Å². The molecule has 0 spiro atoms. The van der Waals surface area contributed by atoms with Crippen LogP contribution in [0.3, 0.4) is 0 Å². The summed E-state index contributed by atoms with van der Waals surface area (Å²) in [4.78, 5) is 23.0. The van der Waals surface area contributed by atoms with Crippen molar-refractivity contribution in [2.24, 2.45) is 22.1 Å².